The molecule has 3 rings (SSSR count). The lowest BCUT2D eigenvalue weighted by Crippen LogP contribution is -2.34. The number of carbonyl (C=O) groups is 2. The maximum Gasteiger partial charge on any atom is 0.253 e. The van der Waals surface area contributed by atoms with Crippen LogP contribution in [-0.2, 0) is 9.59 Å². The topological polar surface area (TPSA) is 89.0 Å². The average molecular weight is 381 g/mol. The minimum atomic E-state index is -0.811. The van der Waals surface area contributed by atoms with Gasteiger partial charge < -0.3 is 14.8 Å². The summed E-state index contributed by atoms with van der Waals surface area (Å²) >= 11 is 0. The second kappa shape index (κ2) is 9.03. The number of rotatable bonds is 7. The van der Waals surface area contributed by atoms with Gasteiger partial charge in [-0.05, 0) is 36.2 Å². The second-order valence-electron chi connectivity index (χ2n) is 6.32. The second-order valence-corrected chi connectivity index (χ2v) is 6.32. The van der Waals surface area contributed by atoms with Crippen molar-refractivity contribution in [3.05, 3.63) is 59.7 Å². The van der Waals surface area contributed by atoms with E-state index < -0.39 is 11.8 Å². The maximum absolute atomic E-state index is 12.6. The monoisotopic (exact) mass is 381 g/mol. The van der Waals surface area contributed by atoms with Crippen LogP contribution in [0, 0.1) is 5.92 Å². The number of nitrogens with zero attached hydrogens (tertiary/aromatic N) is 1. The molecule has 1 aliphatic rings. The molecule has 2 aromatic rings. The molecule has 2 N–H and O–H groups in total. The molecule has 1 heterocycles. The fourth-order valence-corrected chi connectivity index (χ4v) is 3.22. The highest BCUT2D eigenvalue weighted by Crippen LogP contribution is 2.29. The maximum atomic E-state index is 12.6. The fraction of sp³-hybridized carbons (Fsp3) is 0.286. The van der Waals surface area contributed by atoms with E-state index in [2.05, 4.69) is 15.8 Å². The number of hydrogen-bond donors (Lipinski definition) is 2. The van der Waals surface area contributed by atoms with Gasteiger partial charge >= 0.3 is 0 Å². The smallest absolute Gasteiger partial charge is 0.253 e. The van der Waals surface area contributed by atoms with Crippen molar-refractivity contribution in [2.75, 3.05) is 20.3 Å². The van der Waals surface area contributed by atoms with Gasteiger partial charge in [0.2, 0.25) is 5.91 Å². The van der Waals surface area contributed by atoms with E-state index in [1.807, 2.05) is 37.3 Å². The van der Waals surface area contributed by atoms with Crippen molar-refractivity contribution < 1.29 is 19.1 Å². The molecular formula is C21H23N3O4. The minimum Gasteiger partial charge on any atom is -0.493 e. The third-order valence-electron chi connectivity index (χ3n) is 4.57. The number of hydrogen-bond acceptors (Lipinski definition) is 5. The van der Waals surface area contributed by atoms with Gasteiger partial charge in [0, 0.05) is 12.5 Å². The van der Waals surface area contributed by atoms with E-state index in [1.54, 1.807) is 25.3 Å². The number of amides is 2. The summed E-state index contributed by atoms with van der Waals surface area (Å²) in [5.41, 5.74) is 4.16. The SMILES string of the molecule is CCOc1cc(/C=N/NC(=O)[C@H]2C(=O)NC[C@H]2c2ccccc2)ccc1OC. The van der Waals surface area contributed by atoms with Crippen LogP contribution in [0.5, 0.6) is 11.5 Å². The van der Waals surface area contributed by atoms with Crippen LogP contribution >= 0.6 is 0 Å². The standard InChI is InChI=1S/C21H23N3O4/c1-3-28-18-11-14(9-10-17(18)27-2)12-23-24-21(26)19-16(13-22-20(19)25)15-7-5-4-6-8-15/h4-12,16,19H,3,13H2,1-2H3,(H,22,25)(H,24,26)/b23-12+/t16-,19+/m0/s1. The highest BCUT2D eigenvalue weighted by molar-refractivity contribution is 6.03. The molecule has 0 radical (unpaired) electrons. The van der Waals surface area contributed by atoms with E-state index in [4.69, 9.17) is 9.47 Å². The number of benzene rings is 2. The molecule has 7 heteroatoms. The summed E-state index contributed by atoms with van der Waals surface area (Å²) in [6.45, 7) is 2.82. The number of ether oxygens (including phenoxy) is 2. The lowest BCUT2D eigenvalue weighted by Gasteiger charge is -2.15. The van der Waals surface area contributed by atoms with Gasteiger partial charge in [0.05, 0.1) is 19.9 Å². The van der Waals surface area contributed by atoms with Gasteiger partial charge in [-0.2, -0.15) is 5.10 Å². The third kappa shape index (κ3) is 4.31. The van der Waals surface area contributed by atoms with Gasteiger partial charge in [0.15, 0.2) is 11.5 Å². The molecule has 1 saturated heterocycles. The van der Waals surface area contributed by atoms with E-state index in [-0.39, 0.29) is 11.8 Å². The lowest BCUT2D eigenvalue weighted by molar-refractivity contribution is -0.133. The van der Waals surface area contributed by atoms with Crippen LogP contribution in [-0.4, -0.2) is 38.3 Å². The Bertz CT molecular complexity index is 867. The molecule has 0 bridgehead atoms. The predicted molar refractivity (Wildman–Crippen MR) is 106 cm³/mol. The third-order valence-corrected chi connectivity index (χ3v) is 4.57. The Balaban J connectivity index is 1.69. The van der Waals surface area contributed by atoms with Crippen LogP contribution in [0.2, 0.25) is 0 Å². The summed E-state index contributed by atoms with van der Waals surface area (Å²) in [7, 11) is 1.57. The minimum absolute atomic E-state index is 0.213. The number of hydrazone groups is 1. The van der Waals surface area contributed by atoms with E-state index >= 15 is 0 Å². The number of nitrogens with one attached hydrogen (secondary N) is 2. The van der Waals surface area contributed by atoms with E-state index in [9.17, 15) is 9.59 Å². The normalized spacial score (nSPS) is 18.7. The molecule has 7 nitrogen and oxygen atoms in total. The van der Waals surface area contributed by atoms with Gasteiger partial charge in [-0.15, -0.1) is 0 Å². The molecule has 0 aromatic heterocycles. The molecule has 1 fully saturated rings. The number of carbonyl (C=O) groups excluding carboxylic acids is 2. The molecule has 1 aliphatic heterocycles. The summed E-state index contributed by atoms with van der Waals surface area (Å²) in [5.74, 6) is -0.525. The summed E-state index contributed by atoms with van der Waals surface area (Å²) in [4.78, 5) is 24.7. The van der Waals surface area contributed by atoms with Gasteiger partial charge in [0.1, 0.15) is 5.92 Å². The average Bonchev–Trinajstić information content (AvgIpc) is 3.10. The van der Waals surface area contributed by atoms with E-state index in [0.29, 0.717) is 24.7 Å². The zero-order chi connectivity index (χ0) is 19.9. The Morgan fingerprint density at radius 1 is 1.25 bits per heavy atom. The zero-order valence-corrected chi connectivity index (χ0v) is 15.8. The highest BCUT2D eigenvalue weighted by Gasteiger charge is 2.40. The first kappa shape index (κ1) is 19.4. The molecule has 28 heavy (non-hydrogen) atoms. The van der Waals surface area contributed by atoms with Crippen molar-refractivity contribution in [3.63, 3.8) is 0 Å². The van der Waals surface area contributed by atoms with Crippen LogP contribution in [0.4, 0.5) is 0 Å². The summed E-state index contributed by atoms with van der Waals surface area (Å²) in [6.07, 6.45) is 1.50. The first-order chi connectivity index (χ1) is 13.6. The van der Waals surface area contributed by atoms with Crippen LogP contribution in [0.15, 0.2) is 53.6 Å². The van der Waals surface area contributed by atoms with Crippen LogP contribution < -0.4 is 20.2 Å². The Morgan fingerprint density at radius 2 is 2.04 bits per heavy atom. The zero-order valence-electron chi connectivity index (χ0n) is 15.8. The molecule has 0 spiro atoms. The largest absolute Gasteiger partial charge is 0.493 e. The predicted octanol–water partition coefficient (Wildman–Crippen LogP) is 2.07. The van der Waals surface area contributed by atoms with Gasteiger partial charge in [-0.25, -0.2) is 5.43 Å². The fourth-order valence-electron chi connectivity index (χ4n) is 3.22. The van der Waals surface area contributed by atoms with E-state index in [1.165, 1.54) is 6.21 Å². The van der Waals surface area contributed by atoms with Crippen molar-refractivity contribution in [3.8, 4) is 11.5 Å². The number of methoxy groups -OCH3 is 1. The highest BCUT2D eigenvalue weighted by atomic mass is 16.5. The summed E-state index contributed by atoms with van der Waals surface area (Å²) in [5, 5.41) is 6.76. The van der Waals surface area contributed by atoms with Crippen molar-refractivity contribution in [1.82, 2.24) is 10.7 Å². The van der Waals surface area contributed by atoms with Crippen molar-refractivity contribution in [2.24, 2.45) is 11.0 Å². The molecule has 0 unspecified atom stereocenters. The Hall–Kier alpha value is -3.35. The quantitative estimate of drug-likeness (QED) is 0.437. The molecule has 0 aliphatic carbocycles. The Labute approximate surface area is 163 Å². The van der Waals surface area contributed by atoms with Crippen LogP contribution in [0.25, 0.3) is 0 Å². The molecule has 2 atom stereocenters. The van der Waals surface area contributed by atoms with Crippen molar-refractivity contribution >= 4 is 18.0 Å². The first-order valence-corrected chi connectivity index (χ1v) is 9.10. The first-order valence-electron chi connectivity index (χ1n) is 9.10. The van der Waals surface area contributed by atoms with E-state index in [0.717, 1.165) is 11.1 Å². The van der Waals surface area contributed by atoms with Crippen LogP contribution in [0.1, 0.15) is 24.0 Å². The molecule has 0 saturated carbocycles. The summed E-state index contributed by atoms with van der Waals surface area (Å²) in [6, 6.07) is 14.9. The molecule has 2 amide bonds. The molecular weight excluding hydrogens is 358 g/mol. The van der Waals surface area contributed by atoms with Crippen LogP contribution in [0.3, 0.4) is 0 Å². The molecule has 2 aromatic carbocycles. The van der Waals surface area contributed by atoms with Gasteiger partial charge in [-0.1, -0.05) is 30.3 Å². The Morgan fingerprint density at radius 3 is 2.75 bits per heavy atom. The van der Waals surface area contributed by atoms with Gasteiger partial charge in [-0.3, -0.25) is 9.59 Å². The van der Waals surface area contributed by atoms with Crippen molar-refractivity contribution in [1.29, 1.82) is 0 Å². The summed E-state index contributed by atoms with van der Waals surface area (Å²) < 4.78 is 10.8. The molecule has 146 valence electrons. The Kier molecular flexibility index (Phi) is 6.26. The van der Waals surface area contributed by atoms with Crippen molar-refractivity contribution in [2.45, 2.75) is 12.8 Å². The lowest BCUT2D eigenvalue weighted by atomic mass is 9.88. The van der Waals surface area contributed by atoms with Gasteiger partial charge in [0.25, 0.3) is 5.91 Å².